The van der Waals surface area contributed by atoms with E-state index in [1.54, 1.807) is 0 Å². The van der Waals surface area contributed by atoms with Crippen molar-refractivity contribution in [3.05, 3.63) is 0 Å². The molecule has 1 atom stereocenters. The Morgan fingerprint density at radius 2 is 1.58 bits per heavy atom. The first-order valence-electron chi connectivity index (χ1n) is 8.11. The normalized spacial score (nSPS) is 13.0. The fourth-order valence-corrected chi connectivity index (χ4v) is 2.23. The van der Waals surface area contributed by atoms with Gasteiger partial charge in [-0.2, -0.15) is 0 Å². The SMILES string of the molecule is CCCC(CCC(C)C)COC(=O)CCCC(C)C. The molecule has 1 unspecified atom stereocenters. The zero-order chi connectivity index (χ0) is 14.7. The van der Waals surface area contributed by atoms with Crippen molar-refractivity contribution in [2.24, 2.45) is 17.8 Å². The van der Waals surface area contributed by atoms with Crippen molar-refractivity contribution >= 4 is 5.97 Å². The van der Waals surface area contributed by atoms with Crippen LogP contribution in [0.5, 0.6) is 0 Å². The largest absolute Gasteiger partial charge is 0.465 e. The number of hydrogen-bond donors (Lipinski definition) is 0. The van der Waals surface area contributed by atoms with E-state index in [0.29, 0.717) is 24.9 Å². The van der Waals surface area contributed by atoms with Crippen molar-refractivity contribution < 1.29 is 9.53 Å². The summed E-state index contributed by atoms with van der Waals surface area (Å²) in [4.78, 5) is 11.6. The Labute approximate surface area is 120 Å². The van der Waals surface area contributed by atoms with Gasteiger partial charge in [0.1, 0.15) is 0 Å². The molecule has 0 rings (SSSR count). The second-order valence-corrected chi connectivity index (χ2v) is 6.59. The highest BCUT2D eigenvalue weighted by molar-refractivity contribution is 5.69. The average Bonchev–Trinajstić information content (AvgIpc) is 2.32. The van der Waals surface area contributed by atoms with Gasteiger partial charge in [-0.3, -0.25) is 4.79 Å². The molecule has 0 bridgehead atoms. The van der Waals surface area contributed by atoms with Crippen molar-refractivity contribution in [2.75, 3.05) is 6.61 Å². The van der Waals surface area contributed by atoms with Crippen LogP contribution in [-0.4, -0.2) is 12.6 Å². The Kier molecular flexibility index (Phi) is 11.0. The van der Waals surface area contributed by atoms with Crippen LogP contribution in [0, 0.1) is 17.8 Å². The summed E-state index contributed by atoms with van der Waals surface area (Å²) in [6, 6.07) is 0. The van der Waals surface area contributed by atoms with Gasteiger partial charge in [-0.1, -0.05) is 53.9 Å². The number of carbonyl (C=O) groups excluding carboxylic acids is 1. The number of carbonyl (C=O) groups is 1. The fourth-order valence-electron chi connectivity index (χ4n) is 2.23. The van der Waals surface area contributed by atoms with E-state index >= 15 is 0 Å². The van der Waals surface area contributed by atoms with Crippen LogP contribution in [0.15, 0.2) is 0 Å². The summed E-state index contributed by atoms with van der Waals surface area (Å²) in [5.41, 5.74) is 0. The highest BCUT2D eigenvalue weighted by atomic mass is 16.5. The predicted molar refractivity (Wildman–Crippen MR) is 82.1 cm³/mol. The molecule has 0 aromatic carbocycles. The Morgan fingerprint density at radius 1 is 0.947 bits per heavy atom. The lowest BCUT2D eigenvalue weighted by molar-refractivity contribution is -0.145. The molecular weight excluding hydrogens is 236 g/mol. The first-order valence-corrected chi connectivity index (χ1v) is 8.11. The molecule has 0 saturated carbocycles. The Bertz CT molecular complexity index is 221. The molecule has 0 heterocycles. The summed E-state index contributed by atoms with van der Waals surface area (Å²) >= 11 is 0. The number of ether oxygens (including phenoxy) is 1. The molecule has 0 radical (unpaired) electrons. The molecule has 0 aliphatic carbocycles. The third-order valence-corrected chi connectivity index (χ3v) is 3.49. The first kappa shape index (κ1) is 18.5. The highest BCUT2D eigenvalue weighted by Crippen LogP contribution is 2.18. The standard InChI is InChI=1S/C17H34O2/c1-6-8-16(12-11-15(4)5)13-19-17(18)10-7-9-14(2)3/h14-16H,6-13H2,1-5H3. The van der Waals surface area contributed by atoms with E-state index < -0.39 is 0 Å². The third kappa shape index (κ3) is 12.3. The second-order valence-electron chi connectivity index (χ2n) is 6.59. The minimum absolute atomic E-state index is 0.00806. The van der Waals surface area contributed by atoms with Crippen LogP contribution in [-0.2, 0) is 9.53 Å². The van der Waals surface area contributed by atoms with Gasteiger partial charge in [0, 0.05) is 6.42 Å². The molecule has 2 heteroatoms. The lowest BCUT2D eigenvalue weighted by atomic mass is 9.95. The average molecular weight is 270 g/mol. The van der Waals surface area contributed by atoms with Gasteiger partial charge in [-0.15, -0.1) is 0 Å². The smallest absolute Gasteiger partial charge is 0.305 e. The van der Waals surface area contributed by atoms with Crippen LogP contribution in [0.3, 0.4) is 0 Å². The van der Waals surface area contributed by atoms with E-state index in [0.717, 1.165) is 18.8 Å². The molecule has 0 aliphatic rings. The molecule has 2 nitrogen and oxygen atoms in total. The van der Waals surface area contributed by atoms with Crippen molar-refractivity contribution in [3.8, 4) is 0 Å². The Balaban J connectivity index is 3.79. The van der Waals surface area contributed by atoms with Crippen LogP contribution < -0.4 is 0 Å². The molecular formula is C17H34O2. The molecule has 0 aromatic rings. The summed E-state index contributed by atoms with van der Waals surface area (Å²) in [5.74, 6) is 1.96. The van der Waals surface area contributed by atoms with Gasteiger partial charge in [-0.25, -0.2) is 0 Å². The number of hydrogen-bond acceptors (Lipinski definition) is 2. The summed E-state index contributed by atoms with van der Waals surface area (Å²) in [6.45, 7) is 11.7. The van der Waals surface area contributed by atoms with Gasteiger partial charge in [0.25, 0.3) is 0 Å². The van der Waals surface area contributed by atoms with Crippen molar-refractivity contribution in [1.82, 2.24) is 0 Å². The van der Waals surface area contributed by atoms with E-state index in [-0.39, 0.29) is 5.97 Å². The summed E-state index contributed by atoms with van der Waals surface area (Å²) in [5, 5.41) is 0. The van der Waals surface area contributed by atoms with Crippen LogP contribution in [0.25, 0.3) is 0 Å². The monoisotopic (exact) mass is 270 g/mol. The van der Waals surface area contributed by atoms with E-state index in [1.807, 2.05) is 0 Å². The molecule has 0 N–H and O–H groups in total. The maximum atomic E-state index is 11.6. The van der Waals surface area contributed by atoms with Crippen molar-refractivity contribution in [2.45, 2.75) is 79.6 Å². The highest BCUT2D eigenvalue weighted by Gasteiger charge is 2.12. The molecule has 0 saturated heterocycles. The van der Waals surface area contributed by atoms with Gasteiger partial charge < -0.3 is 4.74 Å². The Hall–Kier alpha value is -0.530. The first-order chi connectivity index (χ1) is 8.95. The minimum atomic E-state index is -0.00806. The minimum Gasteiger partial charge on any atom is -0.465 e. The van der Waals surface area contributed by atoms with Crippen LogP contribution in [0.2, 0.25) is 0 Å². The van der Waals surface area contributed by atoms with Crippen LogP contribution in [0.4, 0.5) is 0 Å². The van der Waals surface area contributed by atoms with Gasteiger partial charge in [0.15, 0.2) is 0 Å². The van der Waals surface area contributed by atoms with Gasteiger partial charge in [0.05, 0.1) is 6.61 Å². The zero-order valence-electron chi connectivity index (χ0n) is 13.7. The summed E-state index contributed by atoms with van der Waals surface area (Å²) in [7, 11) is 0. The molecule has 0 aromatic heterocycles. The van der Waals surface area contributed by atoms with Gasteiger partial charge in [-0.05, 0) is 37.0 Å². The van der Waals surface area contributed by atoms with Crippen LogP contribution in [0.1, 0.15) is 79.6 Å². The van der Waals surface area contributed by atoms with E-state index in [9.17, 15) is 4.79 Å². The second kappa shape index (κ2) is 11.3. The van der Waals surface area contributed by atoms with Gasteiger partial charge >= 0.3 is 5.97 Å². The molecule has 0 fully saturated rings. The summed E-state index contributed by atoms with van der Waals surface area (Å²) in [6.07, 6.45) is 7.42. The lowest BCUT2D eigenvalue weighted by Crippen LogP contribution is -2.15. The zero-order valence-corrected chi connectivity index (χ0v) is 13.7. The molecule has 0 spiro atoms. The molecule has 19 heavy (non-hydrogen) atoms. The molecule has 0 amide bonds. The summed E-state index contributed by atoms with van der Waals surface area (Å²) < 4.78 is 5.43. The lowest BCUT2D eigenvalue weighted by Gasteiger charge is -2.17. The van der Waals surface area contributed by atoms with Gasteiger partial charge in [0.2, 0.25) is 0 Å². The van der Waals surface area contributed by atoms with E-state index in [2.05, 4.69) is 34.6 Å². The van der Waals surface area contributed by atoms with Crippen molar-refractivity contribution in [1.29, 1.82) is 0 Å². The fraction of sp³-hybridized carbons (Fsp3) is 0.941. The molecule has 0 aliphatic heterocycles. The predicted octanol–water partition coefficient (Wildman–Crippen LogP) is 5.21. The topological polar surface area (TPSA) is 26.3 Å². The number of rotatable bonds is 11. The maximum absolute atomic E-state index is 11.6. The maximum Gasteiger partial charge on any atom is 0.305 e. The quantitative estimate of drug-likeness (QED) is 0.482. The van der Waals surface area contributed by atoms with E-state index in [1.165, 1.54) is 25.7 Å². The van der Waals surface area contributed by atoms with Crippen molar-refractivity contribution in [3.63, 3.8) is 0 Å². The van der Waals surface area contributed by atoms with Crippen LogP contribution >= 0.6 is 0 Å². The molecule has 114 valence electrons. The third-order valence-electron chi connectivity index (χ3n) is 3.49. The Morgan fingerprint density at radius 3 is 2.11 bits per heavy atom. The van der Waals surface area contributed by atoms with E-state index in [4.69, 9.17) is 4.74 Å². The number of esters is 1.